The smallest absolute Gasteiger partial charge is 0.305 e. The van der Waals surface area contributed by atoms with Gasteiger partial charge in [0.15, 0.2) is 0 Å². The predicted molar refractivity (Wildman–Crippen MR) is 232 cm³/mol. The van der Waals surface area contributed by atoms with Gasteiger partial charge in [-0.3, -0.25) is 47.9 Å². The van der Waals surface area contributed by atoms with E-state index < -0.39 is 134 Å². The summed E-state index contributed by atoms with van der Waals surface area (Å²) in [6.45, 7) is 4.93. The second-order valence-corrected chi connectivity index (χ2v) is 15.2. The topological polar surface area (TPSA) is 392 Å². The predicted octanol–water partition coefficient (Wildman–Crippen LogP) is -4.00. The number of carbonyl (C=O) groups excluding carboxylic acids is 7. The van der Waals surface area contributed by atoms with Crippen molar-refractivity contribution in [2.45, 2.75) is 96.2 Å². The summed E-state index contributed by atoms with van der Waals surface area (Å²) in [5, 5.41) is 52.2. The number of hydrogen-bond acceptors (Lipinski definition) is 17. The molecule has 0 aliphatic rings. The van der Waals surface area contributed by atoms with Crippen LogP contribution in [0.15, 0.2) is 6.20 Å². The van der Waals surface area contributed by atoms with E-state index in [-0.39, 0.29) is 58.2 Å². The molecule has 1 rings (SSSR count). The van der Waals surface area contributed by atoms with Gasteiger partial charge >= 0.3 is 17.9 Å². The fraction of sp³-hybridized carbons (Fsp3) is 0.700. The standard InChI is InChI=1S/C40H65FN10O18/c1-24(2)35(40(64)47-29(20-34(58)59)38(62)44-25(3)36(60)43-10-12-66-15-16-68-18-17-67-14-13-65-4)48-37(61)27(5-6-32(54)55)46-39(63)28(19-33(56)57)45-31(53)22-51-21-26(49-50-51)23-69-11-7-30(52)42-9-8-41/h21,24-25,27-29,35H,5-20,22-23H2,1-4H3,(H,42,52)(H,43,60)(H,44,62)(H,45,53)(H,46,63)(H,47,64)(H,48,61)(H,54,55)(H,56,57)(H,58,59)/t25-,27-,28?,29-,35?/m0/s1. The Morgan fingerprint density at radius 3 is 1.75 bits per heavy atom. The number of amides is 7. The Morgan fingerprint density at radius 1 is 0.609 bits per heavy atom. The number of ether oxygens (including phenoxy) is 5. The molecule has 390 valence electrons. The number of carbonyl (C=O) groups is 10. The van der Waals surface area contributed by atoms with Crippen LogP contribution in [0.2, 0.25) is 0 Å². The van der Waals surface area contributed by atoms with E-state index in [9.17, 15) is 67.7 Å². The van der Waals surface area contributed by atoms with Crippen LogP contribution in [0.3, 0.4) is 0 Å². The van der Waals surface area contributed by atoms with Gasteiger partial charge in [-0.2, -0.15) is 0 Å². The molecule has 0 radical (unpaired) electrons. The van der Waals surface area contributed by atoms with E-state index in [2.05, 4.69) is 47.5 Å². The quantitative estimate of drug-likeness (QED) is 0.0281. The van der Waals surface area contributed by atoms with Crippen LogP contribution >= 0.6 is 0 Å². The molecule has 29 heteroatoms. The summed E-state index contributed by atoms with van der Waals surface area (Å²) in [5.74, 6) is -11.8. The van der Waals surface area contributed by atoms with Gasteiger partial charge in [-0.1, -0.05) is 19.1 Å². The molecule has 2 unspecified atom stereocenters. The maximum absolute atomic E-state index is 13.6. The number of hydrogen-bond donors (Lipinski definition) is 10. The number of aliphatic carboxylic acids is 3. The lowest BCUT2D eigenvalue weighted by Crippen LogP contribution is -2.60. The average Bonchev–Trinajstić information content (AvgIpc) is 3.73. The number of nitrogens with one attached hydrogen (secondary N) is 7. The molecular weight excluding hydrogens is 927 g/mol. The highest BCUT2D eigenvalue weighted by atomic mass is 19.1. The molecule has 1 aromatic heterocycles. The summed E-state index contributed by atoms with van der Waals surface area (Å²) >= 11 is 0. The maximum Gasteiger partial charge on any atom is 0.305 e. The van der Waals surface area contributed by atoms with Crippen molar-refractivity contribution in [2.75, 3.05) is 79.7 Å². The van der Waals surface area contributed by atoms with Crippen LogP contribution in [0.4, 0.5) is 4.39 Å². The van der Waals surface area contributed by atoms with Crippen molar-refractivity contribution in [3.63, 3.8) is 0 Å². The molecule has 5 atom stereocenters. The van der Waals surface area contributed by atoms with Gasteiger partial charge in [-0.25, -0.2) is 9.07 Å². The zero-order valence-electron chi connectivity index (χ0n) is 39.0. The molecule has 10 N–H and O–H groups in total. The number of carboxylic acid groups (broad SMARTS) is 3. The first-order valence-corrected chi connectivity index (χ1v) is 21.7. The van der Waals surface area contributed by atoms with E-state index in [0.717, 1.165) is 4.68 Å². The highest BCUT2D eigenvalue weighted by molar-refractivity contribution is 5.98. The number of nitrogens with zero attached hydrogens (tertiary/aromatic N) is 3. The third-order valence-electron chi connectivity index (χ3n) is 9.07. The van der Waals surface area contributed by atoms with Crippen molar-refractivity contribution in [3.05, 3.63) is 11.9 Å². The highest BCUT2D eigenvalue weighted by Crippen LogP contribution is 2.08. The molecular formula is C40H65FN10O18. The molecule has 0 spiro atoms. The van der Waals surface area contributed by atoms with Crippen LogP contribution in [0.1, 0.15) is 58.6 Å². The number of halogens is 1. The SMILES string of the molecule is COCCOCCOCCOCCNC(=O)[C@H](C)NC(=O)[C@H](CC(=O)O)NC(=O)C(NC(=O)[C@H](CCC(=O)O)NC(=O)C(CC(=O)O)NC(=O)Cn1cc(COCCC(=O)NCCF)nn1)C(C)C. The molecule has 0 fully saturated rings. The van der Waals surface area contributed by atoms with Crippen LogP contribution in [-0.2, 0) is 84.8 Å². The monoisotopic (exact) mass is 992 g/mol. The third kappa shape index (κ3) is 27.9. The van der Waals surface area contributed by atoms with E-state index >= 15 is 0 Å². The van der Waals surface area contributed by atoms with Crippen LogP contribution in [0, 0.1) is 5.92 Å². The Hall–Kier alpha value is -6.43. The Bertz CT molecular complexity index is 1820. The number of rotatable bonds is 39. The van der Waals surface area contributed by atoms with Gasteiger partial charge in [0.2, 0.25) is 41.4 Å². The molecule has 0 bridgehead atoms. The van der Waals surface area contributed by atoms with Gasteiger partial charge in [0.1, 0.15) is 49.1 Å². The van der Waals surface area contributed by atoms with Gasteiger partial charge in [0.25, 0.3) is 0 Å². The Balaban J connectivity index is 2.92. The Labute approximate surface area is 396 Å². The van der Waals surface area contributed by atoms with Crippen LogP contribution in [0.5, 0.6) is 0 Å². The molecule has 0 aliphatic heterocycles. The van der Waals surface area contributed by atoms with Crippen LogP contribution in [0.25, 0.3) is 0 Å². The second-order valence-electron chi connectivity index (χ2n) is 15.2. The van der Waals surface area contributed by atoms with E-state index in [4.69, 9.17) is 23.7 Å². The number of aromatic nitrogens is 3. The van der Waals surface area contributed by atoms with Crippen molar-refractivity contribution >= 4 is 59.3 Å². The molecule has 69 heavy (non-hydrogen) atoms. The molecule has 28 nitrogen and oxygen atoms in total. The molecule has 0 aliphatic carbocycles. The summed E-state index contributed by atoms with van der Waals surface area (Å²) in [6, 6.07) is -8.08. The van der Waals surface area contributed by atoms with Crippen molar-refractivity contribution < 1.29 is 91.3 Å². The lowest BCUT2D eigenvalue weighted by Gasteiger charge is -2.28. The summed E-state index contributed by atoms with van der Waals surface area (Å²) in [6.07, 6.45) is -2.01. The summed E-state index contributed by atoms with van der Waals surface area (Å²) in [5.41, 5.74) is 0.232. The van der Waals surface area contributed by atoms with Crippen LogP contribution in [-0.4, -0.2) is 200 Å². The largest absolute Gasteiger partial charge is 0.481 e. The van der Waals surface area contributed by atoms with Gasteiger partial charge < -0.3 is 76.2 Å². The van der Waals surface area contributed by atoms with Crippen molar-refractivity contribution in [3.8, 4) is 0 Å². The number of carboxylic acids is 3. The minimum atomic E-state index is -1.82. The van der Waals surface area contributed by atoms with Gasteiger partial charge in [0, 0.05) is 33.0 Å². The molecule has 1 aromatic rings. The Kier molecular flexibility index (Phi) is 30.6. The first kappa shape index (κ1) is 60.6. The first-order valence-electron chi connectivity index (χ1n) is 21.7. The minimum Gasteiger partial charge on any atom is -0.481 e. The maximum atomic E-state index is 13.6. The average molecular weight is 993 g/mol. The summed E-state index contributed by atoms with van der Waals surface area (Å²) in [4.78, 5) is 126. The number of methoxy groups -OCH3 is 1. The van der Waals surface area contributed by atoms with E-state index in [1.165, 1.54) is 27.0 Å². The Morgan fingerprint density at radius 2 is 1.17 bits per heavy atom. The normalized spacial score (nSPS) is 13.2. The second kappa shape index (κ2) is 34.8. The lowest BCUT2D eigenvalue weighted by molar-refractivity contribution is -0.142. The van der Waals surface area contributed by atoms with E-state index in [1.54, 1.807) is 7.11 Å². The molecule has 0 saturated carbocycles. The van der Waals surface area contributed by atoms with Gasteiger partial charge in [0.05, 0.1) is 78.5 Å². The highest BCUT2D eigenvalue weighted by Gasteiger charge is 2.34. The molecule has 0 saturated heterocycles. The van der Waals surface area contributed by atoms with E-state index in [1.807, 2.05) is 0 Å². The van der Waals surface area contributed by atoms with Gasteiger partial charge in [-0.05, 0) is 19.3 Å². The van der Waals surface area contributed by atoms with E-state index in [0.29, 0.717) is 26.4 Å². The zero-order valence-corrected chi connectivity index (χ0v) is 39.0. The first-order chi connectivity index (χ1) is 32.8. The van der Waals surface area contributed by atoms with Crippen molar-refractivity contribution in [1.29, 1.82) is 0 Å². The summed E-state index contributed by atoms with van der Waals surface area (Å²) < 4.78 is 39.4. The van der Waals surface area contributed by atoms with Gasteiger partial charge in [-0.15, -0.1) is 5.10 Å². The fourth-order valence-electron chi connectivity index (χ4n) is 5.58. The molecule has 0 aromatic carbocycles. The zero-order chi connectivity index (χ0) is 51.7. The van der Waals surface area contributed by atoms with Crippen molar-refractivity contribution in [2.24, 2.45) is 5.92 Å². The fourth-order valence-corrected chi connectivity index (χ4v) is 5.58. The molecule has 1 heterocycles. The number of alkyl halides is 1. The lowest BCUT2D eigenvalue weighted by atomic mass is 10.0. The summed E-state index contributed by atoms with van der Waals surface area (Å²) in [7, 11) is 1.56. The van der Waals surface area contributed by atoms with Crippen molar-refractivity contribution in [1.82, 2.24) is 52.2 Å². The minimum absolute atomic E-state index is 0.0346. The van der Waals surface area contributed by atoms with Crippen LogP contribution < -0.4 is 37.2 Å². The third-order valence-corrected chi connectivity index (χ3v) is 9.07. The molecule has 7 amide bonds.